The van der Waals surface area contributed by atoms with Gasteiger partial charge in [-0.3, -0.25) is 14.3 Å². The van der Waals surface area contributed by atoms with Crippen LogP contribution >= 0.6 is 0 Å². The molecule has 1 fully saturated rings. The minimum Gasteiger partial charge on any atom is -0.497 e. The Balaban J connectivity index is 1.39. The Morgan fingerprint density at radius 3 is 2.52 bits per heavy atom. The van der Waals surface area contributed by atoms with E-state index in [9.17, 15) is 4.79 Å². The van der Waals surface area contributed by atoms with Gasteiger partial charge in [0.15, 0.2) is 5.69 Å². The largest absolute Gasteiger partial charge is 0.497 e. The van der Waals surface area contributed by atoms with E-state index in [4.69, 9.17) is 4.74 Å². The molecule has 6 nitrogen and oxygen atoms in total. The number of fused-ring (bicyclic) bond motifs is 2. The van der Waals surface area contributed by atoms with E-state index >= 15 is 0 Å². The number of ether oxygens (including phenoxy) is 1. The normalized spacial score (nSPS) is 20.9. The number of hydrogen-bond acceptors (Lipinski definition) is 5. The number of nitrogens with zero attached hydrogens (tertiary/aromatic N) is 4. The molecule has 3 aromatic rings. The SMILES string of the molecule is COc1ccc(CN2CC[C@@]3(CCn4c3nnc(-c3ccccc3)c4=O)C2)cc1. The monoisotopic (exact) mass is 388 g/mol. The van der Waals surface area contributed by atoms with Crippen molar-refractivity contribution >= 4 is 0 Å². The van der Waals surface area contributed by atoms with Crippen molar-refractivity contribution in [2.75, 3.05) is 20.2 Å². The average Bonchev–Trinajstić information content (AvgIpc) is 3.34. The summed E-state index contributed by atoms with van der Waals surface area (Å²) < 4.78 is 7.10. The summed E-state index contributed by atoms with van der Waals surface area (Å²) in [5.41, 5.74) is 2.46. The molecule has 0 amide bonds. The lowest BCUT2D eigenvalue weighted by atomic mass is 9.85. The van der Waals surface area contributed by atoms with Gasteiger partial charge in [-0.15, -0.1) is 10.2 Å². The predicted octanol–water partition coefficient (Wildman–Crippen LogP) is 2.86. The van der Waals surface area contributed by atoms with E-state index < -0.39 is 0 Å². The fraction of sp³-hybridized carbons (Fsp3) is 0.348. The van der Waals surface area contributed by atoms with E-state index in [0.29, 0.717) is 5.69 Å². The van der Waals surface area contributed by atoms with Crippen molar-refractivity contribution in [3.05, 3.63) is 76.3 Å². The minimum atomic E-state index is -0.0617. The molecule has 0 saturated carbocycles. The Labute approximate surface area is 169 Å². The Kier molecular flexibility index (Phi) is 4.43. The summed E-state index contributed by atoms with van der Waals surface area (Å²) in [6.07, 6.45) is 1.97. The summed E-state index contributed by atoms with van der Waals surface area (Å²) >= 11 is 0. The first-order valence-electron chi connectivity index (χ1n) is 10.1. The molecule has 3 heterocycles. The molecule has 1 aromatic heterocycles. The van der Waals surface area contributed by atoms with Crippen LogP contribution in [0.25, 0.3) is 11.3 Å². The smallest absolute Gasteiger partial charge is 0.280 e. The van der Waals surface area contributed by atoms with Crippen LogP contribution in [0.15, 0.2) is 59.4 Å². The quantitative estimate of drug-likeness (QED) is 0.688. The number of aromatic nitrogens is 3. The van der Waals surface area contributed by atoms with Gasteiger partial charge in [0.05, 0.1) is 7.11 Å². The zero-order chi connectivity index (χ0) is 19.8. The lowest BCUT2D eigenvalue weighted by Crippen LogP contribution is -2.33. The van der Waals surface area contributed by atoms with Gasteiger partial charge in [0.25, 0.3) is 5.56 Å². The van der Waals surface area contributed by atoms with Crippen LogP contribution in [0.1, 0.15) is 24.2 Å². The van der Waals surface area contributed by atoms with Crippen molar-refractivity contribution in [2.24, 2.45) is 0 Å². The van der Waals surface area contributed by atoms with Crippen molar-refractivity contribution in [1.82, 2.24) is 19.7 Å². The van der Waals surface area contributed by atoms with Crippen molar-refractivity contribution in [3.63, 3.8) is 0 Å². The van der Waals surface area contributed by atoms with Gasteiger partial charge in [-0.25, -0.2) is 0 Å². The highest BCUT2D eigenvalue weighted by Crippen LogP contribution is 2.41. The highest BCUT2D eigenvalue weighted by molar-refractivity contribution is 5.57. The first-order valence-corrected chi connectivity index (χ1v) is 10.1. The van der Waals surface area contributed by atoms with Gasteiger partial charge < -0.3 is 4.74 Å². The summed E-state index contributed by atoms with van der Waals surface area (Å²) in [4.78, 5) is 15.5. The third-order valence-electron chi connectivity index (χ3n) is 6.28. The Hall–Kier alpha value is -2.99. The highest BCUT2D eigenvalue weighted by atomic mass is 16.5. The lowest BCUT2D eigenvalue weighted by molar-refractivity contribution is 0.299. The van der Waals surface area contributed by atoms with Crippen molar-refractivity contribution in [3.8, 4) is 17.0 Å². The lowest BCUT2D eigenvalue weighted by Gasteiger charge is -2.23. The van der Waals surface area contributed by atoms with Crippen molar-refractivity contribution in [1.29, 1.82) is 0 Å². The average molecular weight is 388 g/mol. The number of benzene rings is 2. The first kappa shape index (κ1) is 18.1. The van der Waals surface area contributed by atoms with Gasteiger partial charge in [-0.2, -0.15) is 0 Å². The van der Waals surface area contributed by atoms with Crippen molar-refractivity contribution in [2.45, 2.75) is 31.3 Å². The van der Waals surface area contributed by atoms with Crippen LogP contribution in [0, 0.1) is 0 Å². The topological polar surface area (TPSA) is 60.2 Å². The van der Waals surface area contributed by atoms with Crippen LogP contribution in [0.3, 0.4) is 0 Å². The number of methoxy groups -OCH3 is 1. The van der Waals surface area contributed by atoms with Crippen LogP contribution in [-0.4, -0.2) is 39.9 Å². The molecule has 0 unspecified atom stereocenters. The van der Waals surface area contributed by atoms with Crippen molar-refractivity contribution < 1.29 is 4.74 Å². The second kappa shape index (κ2) is 7.12. The third kappa shape index (κ3) is 3.13. The molecule has 2 aliphatic heterocycles. The fourth-order valence-corrected chi connectivity index (χ4v) is 4.70. The molecule has 1 atom stereocenters. The second-order valence-electron chi connectivity index (χ2n) is 8.03. The maximum absolute atomic E-state index is 13.1. The minimum absolute atomic E-state index is 0.0216. The Bertz CT molecular complexity index is 1080. The third-order valence-corrected chi connectivity index (χ3v) is 6.28. The Morgan fingerprint density at radius 2 is 1.76 bits per heavy atom. The summed E-state index contributed by atoms with van der Waals surface area (Å²) in [6, 6.07) is 17.8. The van der Waals surface area contributed by atoms with Gasteiger partial charge in [-0.05, 0) is 37.1 Å². The zero-order valence-electron chi connectivity index (χ0n) is 16.5. The van der Waals surface area contributed by atoms with E-state index in [1.165, 1.54) is 5.56 Å². The molecule has 0 aliphatic carbocycles. The maximum Gasteiger partial charge on any atom is 0.280 e. The summed E-state index contributed by atoms with van der Waals surface area (Å²) in [6.45, 7) is 3.53. The highest BCUT2D eigenvalue weighted by Gasteiger charge is 2.46. The van der Waals surface area contributed by atoms with E-state index in [-0.39, 0.29) is 11.0 Å². The molecule has 1 spiro atoms. The van der Waals surface area contributed by atoms with Crippen LogP contribution in [0.2, 0.25) is 0 Å². The molecule has 148 valence electrons. The van der Waals surface area contributed by atoms with Gasteiger partial charge in [-0.1, -0.05) is 42.5 Å². The number of rotatable bonds is 4. The van der Waals surface area contributed by atoms with Crippen LogP contribution in [0.5, 0.6) is 5.75 Å². The molecule has 5 rings (SSSR count). The molecular weight excluding hydrogens is 364 g/mol. The van der Waals surface area contributed by atoms with Gasteiger partial charge >= 0.3 is 0 Å². The first-order chi connectivity index (χ1) is 14.2. The molecule has 0 N–H and O–H groups in total. The molecule has 2 aliphatic rings. The molecule has 1 saturated heterocycles. The van der Waals surface area contributed by atoms with Gasteiger partial charge in [0, 0.05) is 30.6 Å². The molecule has 0 bridgehead atoms. The van der Waals surface area contributed by atoms with E-state index in [1.807, 2.05) is 47.0 Å². The maximum atomic E-state index is 13.1. The summed E-state index contributed by atoms with van der Waals surface area (Å²) in [7, 11) is 1.68. The molecule has 6 heteroatoms. The predicted molar refractivity (Wildman–Crippen MR) is 111 cm³/mol. The second-order valence-corrected chi connectivity index (χ2v) is 8.03. The molecule has 0 radical (unpaired) electrons. The Morgan fingerprint density at radius 1 is 1.00 bits per heavy atom. The van der Waals surface area contributed by atoms with Crippen LogP contribution in [0.4, 0.5) is 0 Å². The van der Waals surface area contributed by atoms with Gasteiger partial charge in [0.2, 0.25) is 0 Å². The summed E-state index contributed by atoms with van der Waals surface area (Å²) in [5.74, 6) is 1.74. The van der Waals surface area contributed by atoms with Crippen LogP contribution in [-0.2, 0) is 18.5 Å². The van der Waals surface area contributed by atoms with E-state index in [1.54, 1.807) is 7.11 Å². The van der Waals surface area contributed by atoms with E-state index in [2.05, 4.69) is 27.2 Å². The molecule has 29 heavy (non-hydrogen) atoms. The van der Waals surface area contributed by atoms with Gasteiger partial charge in [0.1, 0.15) is 11.6 Å². The molecular formula is C23H24N4O2. The standard InChI is InChI=1S/C23H24N4O2/c1-29-19-9-7-17(8-10-19)15-26-13-11-23(16-26)12-14-27-21(28)20(24-25-22(23)27)18-5-3-2-4-6-18/h2-10H,11-16H2,1H3/t23-/m1/s1. The zero-order valence-corrected chi connectivity index (χ0v) is 16.5. The summed E-state index contributed by atoms with van der Waals surface area (Å²) in [5, 5.41) is 8.92. The fourth-order valence-electron chi connectivity index (χ4n) is 4.70. The number of hydrogen-bond donors (Lipinski definition) is 0. The number of likely N-dealkylation sites (tertiary alicyclic amines) is 1. The van der Waals surface area contributed by atoms with E-state index in [0.717, 1.165) is 56.2 Å². The van der Waals surface area contributed by atoms with Crippen LogP contribution < -0.4 is 10.3 Å². The molecule has 2 aromatic carbocycles.